The fourth-order valence-electron chi connectivity index (χ4n) is 2.21. The summed E-state index contributed by atoms with van der Waals surface area (Å²) in [6.07, 6.45) is 0. The predicted molar refractivity (Wildman–Crippen MR) is 88.1 cm³/mol. The van der Waals surface area contributed by atoms with Crippen LogP contribution in [0.15, 0.2) is 58.2 Å². The molecule has 22 heavy (non-hydrogen) atoms. The van der Waals surface area contributed by atoms with Crippen molar-refractivity contribution in [2.45, 2.75) is 12.1 Å². The lowest BCUT2D eigenvalue weighted by Gasteiger charge is -2.08. The Bertz CT molecular complexity index is 771. The zero-order valence-corrected chi connectivity index (χ0v) is 13.3. The third kappa shape index (κ3) is 2.99. The summed E-state index contributed by atoms with van der Waals surface area (Å²) in [6.45, 7) is 2.05. The number of nitrogens with zero attached hydrogens (tertiary/aromatic N) is 2. The molecule has 3 rings (SSSR count). The molecule has 0 fully saturated rings. The Hall–Kier alpha value is -2.27. The molecule has 112 valence electrons. The SMILES string of the molecule is CCSc1nnc(-c2cccc(-c3ccccc3OC)c2)o1. The van der Waals surface area contributed by atoms with E-state index in [0.29, 0.717) is 11.1 Å². The van der Waals surface area contributed by atoms with Gasteiger partial charge in [-0.05, 0) is 29.5 Å². The molecule has 5 heteroatoms. The van der Waals surface area contributed by atoms with Gasteiger partial charge < -0.3 is 9.15 Å². The molecular formula is C17H16N2O2S. The van der Waals surface area contributed by atoms with E-state index in [9.17, 15) is 0 Å². The van der Waals surface area contributed by atoms with Crippen LogP contribution in [-0.4, -0.2) is 23.1 Å². The van der Waals surface area contributed by atoms with Gasteiger partial charge in [0.25, 0.3) is 5.22 Å². The number of thioether (sulfide) groups is 1. The van der Waals surface area contributed by atoms with E-state index in [0.717, 1.165) is 28.2 Å². The van der Waals surface area contributed by atoms with Crippen LogP contribution in [0.1, 0.15) is 6.92 Å². The monoisotopic (exact) mass is 312 g/mol. The van der Waals surface area contributed by atoms with Gasteiger partial charge in [-0.2, -0.15) is 0 Å². The van der Waals surface area contributed by atoms with Crippen LogP contribution < -0.4 is 4.74 Å². The molecule has 1 heterocycles. The van der Waals surface area contributed by atoms with Crippen molar-refractivity contribution in [3.8, 4) is 28.3 Å². The molecule has 1 aromatic heterocycles. The highest BCUT2D eigenvalue weighted by Gasteiger charge is 2.11. The molecule has 0 aliphatic carbocycles. The van der Waals surface area contributed by atoms with E-state index in [-0.39, 0.29) is 0 Å². The van der Waals surface area contributed by atoms with Crippen molar-refractivity contribution in [3.05, 3.63) is 48.5 Å². The van der Waals surface area contributed by atoms with Crippen molar-refractivity contribution in [1.82, 2.24) is 10.2 Å². The van der Waals surface area contributed by atoms with E-state index in [4.69, 9.17) is 9.15 Å². The molecule has 0 N–H and O–H groups in total. The summed E-state index contributed by atoms with van der Waals surface area (Å²) in [5.41, 5.74) is 2.99. The van der Waals surface area contributed by atoms with E-state index in [1.54, 1.807) is 7.11 Å². The topological polar surface area (TPSA) is 48.2 Å². The summed E-state index contributed by atoms with van der Waals surface area (Å²) in [7, 11) is 1.68. The van der Waals surface area contributed by atoms with Gasteiger partial charge in [0.1, 0.15) is 5.75 Å². The molecule has 0 aliphatic heterocycles. The first kappa shape index (κ1) is 14.7. The highest BCUT2D eigenvalue weighted by atomic mass is 32.2. The van der Waals surface area contributed by atoms with Crippen LogP contribution in [0, 0.1) is 0 Å². The van der Waals surface area contributed by atoms with Crippen molar-refractivity contribution in [3.63, 3.8) is 0 Å². The van der Waals surface area contributed by atoms with Crippen LogP contribution in [0.3, 0.4) is 0 Å². The first-order valence-corrected chi connectivity index (χ1v) is 8.00. The first-order chi connectivity index (χ1) is 10.8. The van der Waals surface area contributed by atoms with Gasteiger partial charge in [-0.1, -0.05) is 49.0 Å². The Morgan fingerprint density at radius 2 is 1.86 bits per heavy atom. The molecule has 2 aromatic carbocycles. The number of benzene rings is 2. The second-order valence-electron chi connectivity index (χ2n) is 4.59. The normalized spacial score (nSPS) is 10.6. The Morgan fingerprint density at radius 3 is 2.68 bits per heavy atom. The number of aromatic nitrogens is 2. The lowest BCUT2D eigenvalue weighted by atomic mass is 10.0. The van der Waals surface area contributed by atoms with Gasteiger partial charge in [-0.25, -0.2) is 0 Å². The third-order valence-corrected chi connectivity index (χ3v) is 3.90. The zero-order chi connectivity index (χ0) is 15.4. The standard InChI is InChI=1S/C17H16N2O2S/c1-3-22-17-19-18-16(21-17)13-8-6-7-12(11-13)14-9-4-5-10-15(14)20-2/h4-11H,3H2,1-2H3. The van der Waals surface area contributed by atoms with Crippen LogP contribution >= 0.6 is 11.8 Å². The number of hydrogen-bond donors (Lipinski definition) is 0. The summed E-state index contributed by atoms with van der Waals surface area (Å²) in [5.74, 6) is 2.28. The number of methoxy groups -OCH3 is 1. The van der Waals surface area contributed by atoms with Crippen LogP contribution in [0.4, 0.5) is 0 Å². The Balaban J connectivity index is 1.98. The summed E-state index contributed by atoms with van der Waals surface area (Å²) in [6, 6.07) is 16.0. The highest BCUT2D eigenvalue weighted by molar-refractivity contribution is 7.99. The van der Waals surface area contributed by atoms with Gasteiger partial charge in [0.15, 0.2) is 0 Å². The first-order valence-electron chi connectivity index (χ1n) is 7.02. The third-order valence-electron chi connectivity index (χ3n) is 3.20. The predicted octanol–water partition coefficient (Wildman–Crippen LogP) is 4.52. The zero-order valence-electron chi connectivity index (χ0n) is 12.4. The van der Waals surface area contributed by atoms with Gasteiger partial charge >= 0.3 is 0 Å². The number of ether oxygens (including phenoxy) is 1. The molecule has 0 atom stereocenters. The molecule has 0 saturated carbocycles. The summed E-state index contributed by atoms with van der Waals surface area (Å²) >= 11 is 1.54. The fourth-order valence-corrected chi connectivity index (χ4v) is 2.69. The van der Waals surface area contributed by atoms with Gasteiger partial charge in [-0.15, -0.1) is 10.2 Å². The molecule has 0 amide bonds. The minimum Gasteiger partial charge on any atom is -0.496 e. The van der Waals surface area contributed by atoms with Gasteiger partial charge in [-0.3, -0.25) is 0 Å². The smallest absolute Gasteiger partial charge is 0.276 e. The molecular weight excluding hydrogens is 296 g/mol. The van der Waals surface area contributed by atoms with E-state index < -0.39 is 0 Å². The minimum absolute atomic E-state index is 0.535. The Morgan fingerprint density at radius 1 is 1.05 bits per heavy atom. The lowest BCUT2D eigenvalue weighted by molar-refractivity contribution is 0.416. The summed E-state index contributed by atoms with van der Waals surface area (Å²) in [5, 5.41) is 8.75. The molecule has 0 saturated heterocycles. The maximum atomic E-state index is 5.67. The summed E-state index contributed by atoms with van der Waals surface area (Å²) in [4.78, 5) is 0. The molecule has 0 aliphatic rings. The van der Waals surface area contributed by atoms with Gasteiger partial charge in [0, 0.05) is 11.1 Å². The largest absolute Gasteiger partial charge is 0.496 e. The molecule has 3 aromatic rings. The van der Waals surface area contributed by atoms with Crippen LogP contribution in [0.2, 0.25) is 0 Å². The molecule has 0 bridgehead atoms. The average molecular weight is 312 g/mol. The van der Waals surface area contributed by atoms with E-state index in [1.165, 1.54) is 11.8 Å². The maximum absolute atomic E-state index is 5.67. The molecule has 0 unspecified atom stereocenters. The highest BCUT2D eigenvalue weighted by Crippen LogP contribution is 2.32. The minimum atomic E-state index is 0.535. The average Bonchev–Trinajstić information content (AvgIpc) is 3.04. The fraction of sp³-hybridized carbons (Fsp3) is 0.176. The van der Waals surface area contributed by atoms with Crippen LogP contribution in [0.25, 0.3) is 22.6 Å². The van der Waals surface area contributed by atoms with Crippen LogP contribution in [-0.2, 0) is 0 Å². The Kier molecular flexibility index (Phi) is 4.44. The molecule has 4 nitrogen and oxygen atoms in total. The van der Waals surface area contributed by atoms with Crippen molar-refractivity contribution in [2.24, 2.45) is 0 Å². The van der Waals surface area contributed by atoms with E-state index in [2.05, 4.69) is 17.1 Å². The van der Waals surface area contributed by atoms with Crippen molar-refractivity contribution in [2.75, 3.05) is 12.9 Å². The van der Waals surface area contributed by atoms with Crippen molar-refractivity contribution in [1.29, 1.82) is 0 Å². The quantitative estimate of drug-likeness (QED) is 0.648. The second kappa shape index (κ2) is 6.66. The van der Waals surface area contributed by atoms with Crippen LogP contribution in [0.5, 0.6) is 5.75 Å². The molecule has 0 radical (unpaired) electrons. The van der Waals surface area contributed by atoms with Gasteiger partial charge in [0.2, 0.25) is 5.89 Å². The molecule has 0 spiro atoms. The lowest BCUT2D eigenvalue weighted by Crippen LogP contribution is -1.88. The Labute approximate surface area is 133 Å². The number of para-hydroxylation sites is 1. The number of rotatable bonds is 5. The van der Waals surface area contributed by atoms with E-state index in [1.807, 2.05) is 48.5 Å². The second-order valence-corrected chi connectivity index (χ2v) is 5.80. The van der Waals surface area contributed by atoms with Gasteiger partial charge in [0.05, 0.1) is 7.11 Å². The van der Waals surface area contributed by atoms with Crippen molar-refractivity contribution >= 4 is 11.8 Å². The number of hydrogen-bond acceptors (Lipinski definition) is 5. The summed E-state index contributed by atoms with van der Waals surface area (Å²) < 4.78 is 11.1. The van der Waals surface area contributed by atoms with E-state index >= 15 is 0 Å². The maximum Gasteiger partial charge on any atom is 0.276 e. The van der Waals surface area contributed by atoms with Crippen molar-refractivity contribution < 1.29 is 9.15 Å².